The number of carboxylic acid groups (broad SMARTS) is 2. The standard InChI is InChI=1S/2C18H35NO3.C8H10/c2*19-17(20)15-13-11-9-7-5-3-1-2-4-6-8-10-12-14-16-18(21)22;1-7-4-3-5-8(2)6-7/h2*1-16H2,(H2,19,20)(H,21,22);3-6H,1-2H3. The fraction of sp³-hybridized carbons (Fsp3) is 0.773. The molecule has 0 aromatic heterocycles. The minimum absolute atomic E-state index is 0.179. The van der Waals surface area contributed by atoms with Gasteiger partial charge in [-0.2, -0.15) is 0 Å². The SMILES string of the molecule is Cc1cccc(C)c1.NC(=O)CCCCCCCCCCCCCCCCC(=O)O.NC(=O)CCCCCCCCCCCCCCCCC(=O)O. The molecule has 302 valence electrons. The van der Waals surface area contributed by atoms with Gasteiger partial charge in [0.15, 0.2) is 0 Å². The van der Waals surface area contributed by atoms with E-state index in [2.05, 4.69) is 38.1 Å². The predicted octanol–water partition coefficient (Wildman–Crippen LogP) is 11.9. The summed E-state index contributed by atoms with van der Waals surface area (Å²) in [4.78, 5) is 41.8. The zero-order valence-electron chi connectivity index (χ0n) is 33.6. The van der Waals surface area contributed by atoms with E-state index >= 15 is 0 Å². The average Bonchev–Trinajstić information content (AvgIpc) is 3.08. The quantitative estimate of drug-likeness (QED) is 0.0516. The molecule has 0 fully saturated rings. The third-order valence-corrected chi connectivity index (χ3v) is 9.30. The number of aliphatic carboxylic acids is 2. The summed E-state index contributed by atoms with van der Waals surface area (Å²) in [5.41, 5.74) is 12.9. The molecule has 0 radical (unpaired) electrons. The first-order valence-electron chi connectivity index (χ1n) is 21.1. The van der Waals surface area contributed by atoms with Crippen molar-refractivity contribution in [1.82, 2.24) is 0 Å². The Kier molecular flexibility index (Phi) is 40.2. The van der Waals surface area contributed by atoms with Crippen LogP contribution in [0.4, 0.5) is 0 Å². The van der Waals surface area contributed by atoms with E-state index in [9.17, 15) is 19.2 Å². The number of nitrogens with two attached hydrogens (primary N) is 2. The Balaban J connectivity index is 0. The van der Waals surface area contributed by atoms with Crippen LogP contribution in [0.25, 0.3) is 0 Å². The molecule has 0 unspecified atom stereocenters. The highest BCUT2D eigenvalue weighted by molar-refractivity contribution is 5.73. The number of carbonyl (C=O) groups excluding carboxylic acids is 2. The van der Waals surface area contributed by atoms with Crippen LogP contribution < -0.4 is 11.5 Å². The number of aryl methyl sites for hydroxylation is 2. The summed E-state index contributed by atoms with van der Waals surface area (Å²) < 4.78 is 0. The van der Waals surface area contributed by atoms with Gasteiger partial charge in [-0.15, -0.1) is 0 Å². The van der Waals surface area contributed by atoms with Crippen LogP contribution in [-0.4, -0.2) is 34.0 Å². The number of unbranched alkanes of at least 4 members (excludes halogenated alkanes) is 26. The van der Waals surface area contributed by atoms with Gasteiger partial charge in [-0.3, -0.25) is 19.2 Å². The van der Waals surface area contributed by atoms with E-state index in [0.29, 0.717) is 25.7 Å². The molecule has 0 saturated heterocycles. The number of benzene rings is 1. The second kappa shape index (κ2) is 40.9. The first-order chi connectivity index (χ1) is 25.0. The number of hydrogen-bond acceptors (Lipinski definition) is 4. The predicted molar refractivity (Wildman–Crippen MR) is 217 cm³/mol. The maximum absolute atomic E-state index is 10.6. The van der Waals surface area contributed by atoms with Crippen LogP contribution in [0.3, 0.4) is 0 Å². The van der Waals surface area contributed by atoms with Gasteiger partial charge >= 0.3 is 11.9 Å². The van der Waals surface area contributed by atoms with Crippen LogP contribution in [0, 0.1) is 13.8 Å². The monoisotopic (exact) mass is 733 g/mol. The fourth-order valence-corrected chi connectivity index (χ4v) is 6.20. The minimum Gasteiger partial charge on any atom is -0.481 e. The molecule has 8 heteroatoms. The Morgan fingerprint density at radius 1 is 0.385 bits per heavy atom. The van der Waals surface area contributed by atoms with Crippen molar-refractivity contribution >= 4 is 23.8 Å². The van der Waals surface area contributed by atoms with E-state index in [1.54, 1.807) is 0 Å². The summed E-state index contributed by atoms with van der Waals surface area (Å²) in [6.07, 6.45) is 35.3. The Labute approximate surface area is 318 Å². The topological polar surface area (TPSA) is 161 Å². The highest BCUT2D eigenvalue weighted by Crippen LogP contribution is 2.15. The molecule has 0 aliphatic rings. The number of amides is 2. The summed E-state index contributed by atoms with van der Waals surface area (Å²) in [5, 5.41) is 17.0. The zero-order chi connectivity index (χ0) is 38.9. The Morgan fingerprint density at radius 3 is 0.731 bits per heavy atom. The van der Waals surface area contributed by atoms with E-state index < -0.39 is 11.9 Å². The van der Waals surface area contributed by atoms with Crippen molar-refractivity contribution in [2.75, 3.05) is 0 Å². The number of primary amides is 2. The van der Waals surface area contributed by atoms with Crippen molar-refractivity contribution in [2.45, 2.75) is 219 Å². The van der Waals surface area contributed by atoms with Crippen molar-refractivity contribution < 1.29 is 29.4 Å². The second-order valence-electron chi connectivity index (χ2n) is 14.8. The van der Waals surface area contributed by atoms with Gasteiger partial charge in [0, 0.05) is 25.7 Å². The number of rotatable bonds is 34. The lowest BCUT2D eigenvalue weighted by molar-refractivity contribution is -0.138. The Bertz CT molecular complexity index is 854. The average molecular weight is 733 g/mol. The van der Waals surface area contributed by atoms with Crippen molar-refractivity contribution in [1.29, 1.82) is 0 Å². The molecular weight excluding hydrogens is 652 g/mol. The van der Waals surface area contributed by atoms with Crippen LogP contribution in [0.1, 0.15) is 217 Å². The molecule has 1 aromatic carbocycles. The number of carboxylic acids is 2. The van der Waals surface area contributed by atoms with E-state index in [-0.39, 0.29) is 11.8 Å². The van der Waals surface area contributed by atoms with E-state index in [1.807, 2.05) is 0 Å². The fourth-order valence-electron chi connectivity index (χ4n) is 6.20. The van der Waals surface area contributed by atoms with Crippen LogP contribution in [0.5, 0.6) is 0 Å². The molecule has 6 N–H and O–H groups in total. The number of carbonyl (C=O) groups is 4. The molecule has 0 aliphatic heterocycles. The molecule has 0 heterocycles. The van der Waals surface area contributed by atoms with Gasteiger partial charge in [-0.05, 0) is 39.5 Å². The smallest absolute Gasteiger partial charge is 0.303 e. The summed E-state index contributed by atoms with van der Waals surface area (Å²) >= 11 is 0. The van der Waals surface area contributed by atoms with Crippen LogP contribution >= 0.6 is 0 Å². The molecule has 1 aromatic rings. The van der Waals surface area contributed by atoms with Gasteiger partial charge in [0.2, 0.25) is 11.8 Å². The molecular formula is C44H80N2O6. The first-order valence-corrected chi connectivity index (χ1v) is 21.1. The molecule has 0 bridgehead atoms. The lowest BCUT2D eigenvalue weighted by atomic mass is 10.0. The zero-order valence-corrected chi connectivity index (χ0v) is 33.6. The van der Waals surface area contributed by atoms with Crippen LogP contribution in [0.2, 0.25) is 0 Å². The molecule has 0 atom stereocenters. The van der Waals surface area contributed by atoms with Gasteiger partial charge in [0.05, 0.1) is 0 Å². The molecule has 1 rings (SSSR count). The molecule has 0 saturated carbocycles. The van der Waals surface area contributed by atoms with Gasteiger partial charge in [-0.1, -0.05) is 189 Å². The maximum atomic E-state index is 10.6. The maximum Gasteiger partial charge on any atom is 0.303 e. The summed E-state index contributed by atoms with van der Waals surface area (Å²) in [6.45, 7) is 4.21. The van der Waals surface area contributed by atoms with Gasteiger partial charge in [-0.25, -0.2) is 0 Å². The molecule has 0 aliphatic carbocycles. The van der Waals surface area contributed by atoms with Gasteiger partial charge < -0.3 is 21.7 Å². The van der Waals surface area contributed by atoms with Gasteiger partial charge in [0.25, 0.3) is 0 Å². The van der Waals surface area contributed by atoms with E-state index in [1.165, 1.54) is 140 Å². The van der Waals surface area contributed by atoms with Crippen molar-refractivity contribution in [3.63, 3.8) is 0 Å². The third kappa shape index (κ3) is 49.2. The Morgan fingerprint density at radius 2 is 0.577 bits per heavy atom. The molecule has 8 nitrogen and oxygen atoms in total. The van der Waals surface area contributed by atoms with Crippen molar-refractivity contribution in [3.8, 4) is 0 Å². The third-order valence-electron chi connectivity index (χ3n) is 9.30. The molecule has 2 amide bonds. The number of hydrogen-bond donors (Lipinski definition) is 4. The summed E-state index contributed by atoms with van der Waals surface area (Å²) in [6, 6.07) is 8.45. The van der Waals surface area contributed by atoms with E-state index in [4.69, 9.17) is 21.7 Å². The van der Waals surface area contributed by atoms with Crippen molar-refractivity contribution in [2.24, 2.45) is 11.5 Å². The summed E-state index contributed by atoms with van der Waals surface area (Å²) in [7, 11) is 0. The second-order valence-corrected chi connectivity index (χ2v) is 14.8. The normalized spacial score (nSPS) is 10.5. The van der Waals surface area contributed by atoms with E-state index in [0.717, 1.165) is 51.4 Å². The Hall–Kier alpha value is -2.90. The largest absolute Gasteiger partial charge is 0.481 e. The minimum atomic E-state index is -0.673. The van der Waals surface area contributed by atoms with Gasteiger partial charge in [0.1, 0.15) is 0 Å². The first kappa shape index (κ1) is 51.2. The molecule has 52 heavy (non-hydrogen) atoms. The lowest BCUT2D eigenvalue weighted by Gasteiger charge is -2.03. The highest BCUT2D eigenvalue weighted by Gasteiger charge is 1.99. The summed E-state index contributed by atoms with van der Waals surface area (Å²) in [5.74, 6) is -1.70. The van der Waals surface area contributed by atoms with Crippen molar-refractivity contribution in [3.05, 3.63) is 35.4 Å². The van der Waals surface area contributed by atoms with Crippen LogP contribution in [0.15, 0.2) is 24.3 Å². The highest BCUT2D eigenvalue weighted by atomic mass is 16.4. The lowest BCUT2D eigenvalue weighted by Crippen LogP contribution is -2.09. The van der Waals surface area contributed by atoms with Crippen LogP contribution in [-0.2, 0) is 19.2 Å². The molecule has 0 spiro atoms.